The molecule has 2 aromatic carbocycles. The number of para-hydroxylation sites is 1. The Kier molecular flexibility index (Phi) is 5.12. The monoisotopic (exact) mass is 377 g/mol. The number of hydrogen-bond acceptors (Lipinski definition) is 3. The third-order valence-electron chi connectivity index (χ3n) is 5.24. The summed E-state index contributed by atoms with van der Waals surface area (Å²) < 4.78 is 5.31. The first-order valence-corrected chi connectivity index (χ1v) is 9.46. The Hall–Kier alpha value is -3.12. The molecule has 0 saturated carbocycles. The molecule has 3 aromatic rings. The number of aromatic amines is 1. The molecule has 1 aliphatic rings. The number of aryl methyl sites for hydroxylation is 1. The third-order valence-corrected chi connectivity index (χ3v) is 5.24. The van der Waals surface area contributed by atoms with Crippen LogP contribution in [0.15, 0.2) is 54.6 Å². The number of H-pyrrole nitrogens is 1. The van der Waals surface area contributed by atoms with Crippen LogP contribution in [0.1, 0.15) is 12.0 Å². The van der Waals surface area contributed by atoms with E-state index in [0.29, 0.717) is 26.0 Å². The summed E-state index contributed by atoms with van der Waals surface area (Å²) in [4.78, 5) is 29.6. The first-order valence-electron chi connectivity index (χ1n) is 9.46. The molecule has 0 spiro atoms. The predicted octanol–water partition coefficient (Wildman–Crippen LogP) is 2.48. The minimum Gasteiger partial charge on any atom is -0.377 e. The lowest BCUT2D eigenvalue weighted by molar-refractivity contribution is -0.147. The van der Waals surface area contributed by atoms with Crippen LogP contribution < -0.4 is 5.73 Å². The minimum absolute atomic E-state index is 0.0728. The zero-order chi connectivity index (χ0) is 19.5. The molecular weight excluding hydrogens is 354 g/mol. The van der Waals surface area contributed by atoms with Gasteiger partial charge in [0.1, 0.15) is 6.04 Å². The molecule has 2 amide bonds. The number of carbonyl (C=O) groups excluding carboxylic acids is 2. The molecule has 6 heteroatoms. The fourth-order valence-electron chi connectivity index (χ4n) is 3.82. The van der Waals surface area contributed by atoms with E-state index in [1.54, 1.807) is 4.90 Å². The Morgan fingerprint density at radius 3 is 2.64 bits per heavy atom. The predicted molar refractivity (Wildman–Crippen MR) is 108 cm³/mol. The summed E-state index contributed by atoms with van der Waals surface area (Å²) in [5, 5.41) is 1.11. The lowest BCUT2D eigenvalue weighted by Gasteiger charge is -2.33. The van der Waals surface area contributed by atoms with Crippen molar-refractivity contribution < 1.29 is 14.3 Å². The number of hydrogen-bond donors (Lipinski definition) is 2. The summed E-state index contributed by atoms with van der Waals surface area (Å²) in [6, 6.07) is 17.5. The van der Waals surface area contributed by atoms with Crippen molar-refractivity contribution in [2.24, 2.45) is 5.73 Å². The number of ether oxygens (including phenoxy) is 1. The Bertz CT molecular complexity index is 997. The highest BCUT2D eigenvalue weighted by Gasteiger charge is 2.31. The van der Waals surface area contributed by atoms with E-state index in [4.69, 9.17) is 10.5 Å². The van der Waals surface area contributed by atoms with Crippen molar-refractivity contribution in [2.45, 2.75) is 18.9 Å². The first-order chi connectivity index (χ1) is 13.6. The largest absolute Gasteiger partial charge is 0.377 e. The summed E-state index contributed by atoms with van der Waals surface area (Å²) in [6.45, 7) is 0.993. The van der Waals surface area contributed by atoms with E-state index in [1.807, 2.05) is 36.4 Å². The molecule has 4 rings (SSSR count). The van der Waals surface area contributed by atoms with Crippen LogP contribution in [0.4, 0.5) is 0 Å². The second-order valence-corrected chi connectivity index (χ2v) is 6.97. The van der Waals surface area contributed by atoms with E-state index in [9.17, 15) is 9.59 Å². The second kappa shape index (κ2) is 7.86. The number of rotatable bonds is 5. The van der Waals surface area contributed by atoms with Gasteiger partial charge >= 0.3 is 0 Å². The van der Waals surface area contributed by atoms with Gasteiger partial charge in [-0.15, -0.1) is 0 Å². The fraction of sp³-hybridized carbons (Fsp3) is 0.273. The van der Waals surface area contributed by atoms with Gasteiger partial charge < -0.3 is 20.4 Å². The number of nitrogens with two attached hydrogens (primary N) is 1. The number of fused-ring (bicyclic) bond motifs is 1. The zero-order valence-electron chi connectivity index (χ0n) is 15.6. The molecule has 3 N–H and O–H groups in total. The number of benzene rings is 2. The van der Waals surface area contributed by atoms with Gasteiger partial charge in [0.05, 0.1) is 13.2 Å². The van der Waals surface area contributed by atoms with Crippen LogP contribution in [0.2, 0.25) is 0 Å². The number of morpholine rings is 1. The standard InChI is InChI=1S/C22H23N3O3/c23-22(27)19-14-28-13-12-25(19)20(26)11-10-17-16-8-4-5-9-18(16)24-21(17)15-6-2-1-3-7-15/h1-9,19,24H,10-14H2,(H2,23,27)/t19-/m1/s1. The lowest BCUT2D eigenvalue weighted by Crippen LogP contribution is -2.54. The molecule has 1 saturated heterocycles. The minimum atomic E-state index is -0.683. The van der Waals surface area contributed by atoms with Crippen molar-refractivity contribution in [3.05, 3.63) is 60.2 Å². The Labute approximate surface area is 163 Å². The van der Waals surface area contributed by atoms with Crippen LogP contribution in [0, 0.1) is 0 Å². The average molecular weight is 377 g/mol. The van der Waals surface area contributed by atoms with Gasteiger partial charge in [-0.3, -0.25) is 9.59 Å². The van der Waals surface area contributed by atoms with E-state index in [0.717, 1.165) is 27.7 Å². The van der Waals surface area contributed by atoms with Gasteiger partial charge in [0.25, 0.3) is 0 Å². The maximum absolute atomic E-state index is 12.8. The summed E-state index contributed by atoms with van der Waals surface area (Å²) in [7, 11) is 0. The van der Waals surface area contributed by atoms with Crippen LogP contribution in [0.3, 0.4) is 0 Å². The van der Waals surface area contributed by atoms with Crippen molar-refractivity contribution in [1.29, 1.82) is 0 Å². The Morgan fingerprint density at radius 1 is 1.11 bits per heavy atom. The molecule has 28 heavy (non-hydrogen) atoms. The number of nitrogens with zero attached hydrogens (tertiary/aromatic N) is 1. The average Bonchev–Trinajstić information content (AvgIpc) is 3.11. The summed E-state index contributed by atoms with van der Waals surface area (Å²) in [5.74, 6) is -0.596. The van der Waals surface area contributed by atoms with E-state index < -0.39 is 11.9 Å². The van der Waals surface area contributed by atoms with E-state index in [-0.39, 0.29) is 12.5 Å². The van der Waals surface area contributed by atoms with E-state index in [1.165, 1.54) is 0 Å². The highest BCUT2D eigenvalue weighted by Crippen LogP contribution is 2.31. The van der Waals surface area contributed by atoms with Crippen LogP contribution in [0.5, 0.6) is 0 Å². The number of amides is 2. The molecule has 1 aliphatic heterocycles. The van der Waals surface area contributed by atoms with Gasteiger partial charge in [-0.25, -0.2) is 0 Å². The molecule has 0 radical (unpaired) electrons. The highest BCUT2D eigenvalue weighted by molar-refractivity contribution is 5.92. The zero-order valence-corrected chi connectivity index (χ0v) is 15.6. The molecule has 1 fully saturated rings. The topological polar surface area (TPSA) is 88.4 Å². The maximum Gasteiger partial charge on any atom is 0.242 e. The number of primary amides is 1. The Balaban J connectivity index is 1.61. The molecule has 144 valence electrons. The summed E-state index contributed by atoms with van der Waals surface area (Å²) in [6.07, 6.45) is 0.890. The van der Waals surface area contributed by atoms with E-state index in [2.05, 4.69) is 23.2 Å². The molecule has 1 atom stereocenters. The highest BCUT2D eigenvalue weighted by atomic mass is 16.5. The number of aromatic nitrogens is 1. The van der Waals surface area contributed by atoms with Gasteiger partial charge in [0.15, 0.2) is 0 Å². The lowest BCUT2D eigenvalue weighted by atomic mass is 10.0. The summed E-state index contributed by atoms with van der Waals surface area (Å²) in [5.41, 5.74) is 9.72. The normalized spacial score (nSPS) is 17.0. The summed E-state index contributed by atoms with van der Waals surface area (Å²) >= 11 is 0. The maximum atomic E-state index is 12.8. The molecule has 2 heterocycles. The molecule has 0 aliphatic carbocycles. The van der Waals surface area contributed by atoms with Crippen LogP contribution in [0.25, 0.3) is 22.2 Å². The number of nitrogens with one attached hydrogen (secondary N) is 1. The van der Waals surface area contributed by atoms with Crippen LogP contribution in [-0.4, -0.2) is 47.5 Å². The van der Waals surface area contributed by atoms with Gasteiger partial charge in [-0.2, -0.15) is 0 Å². The van der Waals surface area contributed by atoms with Crippen molar-refractivity contribution in [3.8, 4) is 11.3 Å². The van der Waals surface area contributed by atoms with Crippen LogP contribution in [-0.2, 0) is 20.7 Å². The SMILES string of the molecule is NC(=O)[C@H]1COCCN1C(=O)CCc1c(-c2ccccc2)[nH]c2ccccc12. The smallest absolute Gasteiger partial charge is 0.242 e. The van der Waals surface area contributed by atoms with Crippen molar-refractivity contribution in [1.82, 2.24) is 9.88 Å². The van der Waals surface area contributed by atoms with Gasteiger partial charge in [-0.1, -0.05) is 48.5 Å². The van der Waals surface area contributed by atoms with Gasteiger partial charge in [0.2, 0.25) is 11.8 Å². The first kappa shape index (κ1) is 18.3. The second-order valence-electron chi connectivity index (χ2n) is 6.97. The fourth-order valence-corrected chi connectivity index (χ4v) is 3.82. The van der Waals surface area contributed by atoms with Crippen molar-refractivity contribution >= 4 is 22.7 Å². The van der Waals surface area contributed by atoms with E-state index >= 15 is 0 Å². The molecule has 0 unspecified atom stereocenters. The number of carbonyl (C=O) groups is 2. The Morgan fingerprint density at radius 2 is 1.86 bits per heavy atom. The van der Waals surface area contributed by atoms with Crippen LogP contribution >= 0.6 is 0 Å². The van der Waals surface area contributed by atoms with Gasteiger partial charge in [0, 0.05) is 29.6 Å². The quantitative estimate of drug-likeness (QED) is 0.716. The molecule has 6 nitrogen and oxygen atoms in total. The van der Waals surface area contributed by atoms with Crippen molar-refractivity contribution in [2.75, 3.05) is 19.8 Å². The third kappa shape index (κ3) is 3.51. The molecular formula is C22H23N3O3. The van der Waals surface area contributed by atoms with Gasteiger partial charge in [-0.05, 0) is 23.6 Å². The molecule has 0 bridgehead atoms. The van der Waals surface area contributed by atoms with Crippen molar-refractivity contribution in [3.63, 3.8) is 0 Å². The molecule has 1 aromatic heterocycles.